The average Bonchev–Trinajstić information content (AvgIpc) is 3.31. The highest BCUT2D eigenvalue weighted by Gasteiger charge is 2.48. The van der Waals surface area contributed by atoms with Gasteiger partial charge in [-0.2, -0.15) is 0 Å². The Morgan fingerprint density at radius 2 is 2.04 bits per heavy atom. The number of carbonyl (C=O) groups is 2. The van der Waals surface area contributed by atoms with Gasteiger partial charge < -0.3 is 14.2 Å². The SMILES string of the molecule is CC(=O)N1C2CCC(C3NNC(C)S3)CC2N(C(=O)c2ccco2)C[C@@H]1C. The number of hydrogen-bond acceptors (Lipinski definition) is 6. The molecule has 0 spiro atoms. The summed E-state index contributed by atoms with van der Waals surface area (Å²) in [5, 5.41) is 0.723. The molecule has 2 saturated heterocycles. The molecule has 0 aromatic carbocycles. The van der Waals surface area contributed by atoms with Crippen molar-refractivity contribution in [1.29, 1.82) is 0 Å². The Morgan fingerprint density at radius 1 is 1.22 bits per heavy atom. The third kappa shape index (κ3) is 3.50. The molecule has 0 bridgehead atoms. The number of fused-ring (bicyclic) bond motifs is 1. The monoisotopic (exact) mass is 392 g/mol. The summed E-state index contributed by atoms with van der Waals surface area (Å²) in [4.78, 5) is 29.4. The van der Waals surface area contributed by atoms with E-state index in [1.165, 1.54) is 6.26 Å². The second-order valence-electron chi connectivity index (χ2n) is 7.91. The molecular weight excluding hydrogens is 364 g/mol. The van der Waals surface area contributed by atoms with Gasteiger partial charge in [0.1, 0.15) is 0 Å². The lowest BCUT2D eigenvalue weighted by atomic mass is 9.78. The van der Waals surface area contributed by atoms with E-state index in [1.807, 2.05) is 28.5 Å². The third-order valence-electron chi connectivity index (χ3n) is 6.08. The molecule has 7 nitrogen and oxygen atoms in total. The number of nitrogens with zero attached hydrogens (tertiary/aromatic N) is 2. The van der Waals surface area contributed by atoms with Crippen LogP contribution in [0.5, 0.6) is 0 Å². The lowest BCUT2D eigenvalue weighted by Gasteiger charge is -2.54. The zero-order valence-electron chi connectivity index (χ0n) is 16.1. The molecule has 1 saturated carbocycles. The second kappa shape index (κ2) is 7.48. The van der Waals surface area contributed by atoms with Crippen LogP contribution in [-0.2, 0) is 4.79 Å². The lowest BCUT2D eigenvalue weighted by molar-refractivity contribution is -0.141. The van der Waals surface area contributed by atoms with Gasteiger partial charge >= 0.3 is 0 Å². The molecule has 3 heterocycles. The quantitative estimate of drug-likeness (QED) is 0.802. The summed E-state index contributed by atoms with van der Waals surface area (Å²) in [5.74, 6) is 0.875. The minimum absolute atomic E-state index is 0.0138. The van der Waals surface area contributed by atoms with Crippen LogP contribution >= 0.6 is 11.8 Å². The molecule has 27 heavy (non-hydrogen) atoms. The van der Waals surface area contributed by atoms with E-state index >= 15 is 0 Å². The maximum atomic E-state index is 13.1. The van der Waals surface area contributed by atoms with Crippen LogP contribution in [0.3, 0.4) is 0 Å². The molecule has 4 rings (SSSR count). The van der Waals surface area contributed by atoms with Crippen molar-refractivity contribution in [3.05, 3.63) is 24.2 Å². The molecule has 2 N–H and O–H groups in total. The number of amides is 2. The van der Waals surface area contributed by atoms with Gasteiger partial charge in [-0.1, -0.05) is 0 Å². The Labute approximate surface area is 164 Å². The van der Waals surface area contributed by atoms with Gasteiger partial charge in [0, 0.05) is 19.5 Å². The molecule has 3 aliphatic rings. The predicted octanol–water partition coefficient (Wildman–Crippen LogP) is 2.02. The highest BCUT2D eigenvalue weighted by molar-refractivity contribution is 8.00. The van der Waals surface area contributed by atoms with Gasteiger partial charge in [-0.05, 0) is 51.2 Å². The number of nitrogens with one attached hydrogen (secondary N) is 2. The van der Waals surface area contributed by atoms with E-state index in [1.54, 1.807) is 19.1 Å². The van der Waals surface area contributed by atoms with Crippen molar-refractivity contribution >= 4 is 23.6 Å². The average molecular weight is 393 g/mol. The Hall–Kier alpha value is -1.51. The van der Waals surface area contributed by atoms with E-state index in [9.17, 15) is 9.59 Å². The van der Waals surface area contributed by atoms with Crippen LogP contribution in [0.1, 0.15) is 50.6 Å². The maximum absolute atomic E-state index is 13.1. The number of furan rings is 1. The Bertz CT molecular complexity index is 697. The number of rotatable bonds is 2. The first kappa shape index (κ1) is 18.8. The van der Waals surface area contributed by atoms with Gasteiger partial charge in [0.2, 0.25) is 5.91 Å². The summed E-state index contributed by atoms with van der Waals surface area (Å²) in [6.45, 7) is 6.37. The van der Waals surface area contributed by atoms with Gasteiger partial charge in [-0.15, -0.1) is 11.8 Å². The van der Waals surface area contributed by atoms with Crippen LogP contribution in [0.4, 0.5) is 0 Å². The van der Waals surface area contributed by atoms with Crippen LogP contribution in [0, 0.1) is 5.92 Å². The molecule has 3 fully saturated rings. The number of hydrogen-bond donors (Lipinski definition) is 2. The third-order valence-corrected chi connectivity index (χ3v) is 7.40. The fraction of sp³-hybridized carbons (Fsp3) is 0.684. The van der Waals surface area contributed by atoms with E-state index in [0.717, 1.165) is 19.3 Å². The Balaban J connectivity index is 1.59. The molecule has 2 aliphatic heterocycles. The van der Waals surface area contributed by atoms with E-state index < -0.39 is 0 Å². The zero-order chi connectivity index (χ0) is 19.1. The van der Waals surface area contributed by atoms with E-state index in [2.05, 4.69) is 17.8 Å². The first-order valence-electron chi connectivity index (χ1n) is 9.75. The summed E-state index contributed by atoms with van der Waals surface area (Å²) in [5.41, 5.74) is 6.68. The molecule has 0 radical (unpaired) electrons. The van der Waals surface area contributed by atoms with Crippen LogP contribution in [0.25, 0.3) is 0 Å². The molecule has 8 heteroatoms. The molecular formula is C19H28N4O3S. The van der Waals surface area contributed by atoms with Gasteiger partial charge in [-0.25, -0.2) is 10.9 Å². The van der Waals surface area contributed by atoms with Gasteiger partial charge in [0.15, 0.2) is 5.76 Å². The van der Waals surface area contributed by atoms with Crippen molar-refractivity contribution in [3.63, 3.8) is 0 Å². The molecule has 6 atom stereocenters. The van der Waals surface area contributed by atoms with Gasteiger partial charge in [0.05, 0.1) is 29.1 Å². The molecule has 1 aliphatic carbocycles. The van der Waals surface area contributed by atoms with E-state index in [-0.39, 0.29) is 29.9 Å². The van der Waals surface area contributed by atoms with E-state index in [4.69, 9.17) is 4.42 Å². The molecule has 2 amide bonds. The minimum Gasteiger partial charge on any atom is -0.459 e. The molecule has 1 aromatic rings. The normalized spacial score (nSPS) is 36.6. The smallest absolute Gasteiger partial charge is 0.289 e. The van der Waals surface area contributed by atoms with Crippen molar-refractivity contribution < 1.29 is 14.0 Å². The summed E-state index contributed by atoms with van der Waals surface area (Å²) in [7, 11) is 0. The van der Waals surface area contributed by atoms with Crippen LogP contribution in [0.2, 0.25) is 0 Å². The van der Waals surface area contributed by atoms with Crippen LogP contribution in [0.15, 0.2) is 22.8 Å². The maximum Gasteiger partial charge on any atom is 0.289 e. The highest BCUT2D eigenvalue weighted by atomic mass is 32.2. The molecule has 5 unspecified atom stereocenters. The molecule has 148 valence electrons. The standard InChI is InChI=1S/C19H28N4O3S/c1-11-10-22(19(25)17-5-4-8-26-17)16-9-14(18-21-20-12(2)27-18)6-7-15(16)23(11)13(3)24/h4-5,8,11-12,14-16,18,20-21H,6-7,9-10H2,1-3H3/t11-,12?,14?,15?,16?,18?/m0/s1. The second-order valence-corrected chi connectivity index (χ2v) is 9.39. The summed E-state index contributed by atoms with van der Waals surface area (Å²) >= 11 is 1.90. The lowest BCUT2D eigenvalue weighted by Crippen LogP contribution is -2.67. The largest absolute Gasteiger partial charge is 0.459 e. The topological polar surface area (TPSA) is 77.8 Å². The van der Waals surface area contributed by atoms with Crippen molar-refractivity contribution in [2.24, 2.45) is 5.92 Å². The van der Waals surface area contributed by atoms with Crippen molar-refractivity contribution in [1.82, 2.24) is 20.7 Å². The first-order valence-corrected chi connectivity index (χ1v) is 10.7. The molecule has 1 aromatic heterocycles. The van der Waals surface area contributed by atoms with Gasteiger partial charge in [0.25, 0.3) is 5.91 Å². The minimum atomic E-state index is -0.0655. The van der Waals surface area contributed by atoms with Crippen LogP contribution < -0.4 is 10.9 Å². The van der Waals surface area contributed by atoms with Crippen molar-refractivity contribution in [3.8, 4) is 0 Å². The fourth-order valence-electron chi connectivity index (χ4n) is 4.97. The van der Waals surface area contributed by atoms with Gasteiger partial charge in [-0.3, -0.25) is 9.59 Å². The number of piperazine rings is 1. The number of carbonyl (C=O) groups excluding carboxylic acids is 2. The Kier molecular flexibility index (Phi) is 5.22. The van der Waals surface area contributed by atoms with Crippen molar-refractivity contribution in [2.75, 3.05) is 6.54 Å². The fourth-order valence-corrected chi connectivity index (χ4v) is 6.15. The predicted molar refractivity (Wildman–Crippen MR) is 104 cm³/mol. The first-order chi connectivity index (χ1) is 13.0. The Morgan fingerprint density at radius 3 is 2.67 bits per heavy atom. The number of thioether (sulfide) groups is 1. The van der Waals surface area contributed by atoms with E-state index in [0.29, 0.717) is 29.0 Å². The highest BCUT2D eigenvalue weighted by Crippen LogP contribution is 2.40. The number of hydrazine groups is 1. The van der Waals surface area contributed by atoms with Crippen LogP contribution in [-0.4, -0.2) is 57.0 Å². The summed E-state index contributed by atoms with van der Waals surface area (Å²) in [6.07, 6.45) is 4.41. The summed E-state index contributed by atoms with van der Waals surface area (Å²) < 4.78 is 5.38. The zero-order valence-corrected chi connectivity index (χ0v) is 16.9. The van der Waals surface area contributed by atoms with Crippen molar-refractivity contribution in [2.45, 2.75) is 68.9 Å². The summed E-state index contributed by atoms with van der Waals surface area (Å²) in [6, 6.07) is 3.59.